The number of hydrogen-bond acceptors (Lipinski definition) is 6. The predicted molar refractivity (Wildman–Crippen MR) is 101 cm³/mol. The molecule has 1 aliphatic rings. The van der Waals surface area contributed by atoms with Crippen LogP contribution in [0, 0.1) is 12.7 Å². The van der Waals surface area contributed by atoms with Crippen LogP contribution >= 0.6 is 0 Å². The number of rotatable bonds is 5. The molecule has 1 aromatic carbocycles. The summed E-state index contributed by atoms with van der Waals surface area (Å²) < 4.78 is 23.6. The summed E-state index contributed by atoms with van der Waals surface area (Å²) in [7, 11) is 0. The summed E-state index contributed by atoms with van der Waals surface area (Å²) >= 11 is 0. The highest BCUT2D eigenvalue weighted by Crippen LogP contribution is 2.22. The van der Waals surface area contributed by atoms with Crippen LogP contribution in [0.15, 0.2) is 47.1 Å². The number of pyridine rings is 1. The van der Waals surface area contributed by atoms with E-state index in [-0.39, 0.29) is 24.2 Å². The molecule has 2 aromatic heterocycles. The largest absolute Gasteiger partial charge is 0.368 e. The summed E-state index contributed by atoms with van der Waals surface area (Å²) in [5.41, 5.74) is 3.80. The molecule has 0 spiro atoms. The summed E-state index contributed by atoms with van der Waals surface area (Å²) in [5, 5.41) is 7.50. The first-order chi connectivity index (χ1) is 14.1. The molecule has 3 aromatic rings. The van der Waals surface area contributed by atoms with E-state index < -0.39 is 0 Å². The van der Waals surface area contributed by atoms with Crippen LogP contribution in [0.3, 0.4) is 0 Å². The van der Waals surface area contributed by atoms with E-state index >= 15 is 0 Å². The third-order valence-electron chi connectivity index (χ3n) is 4.94. The lowest BCUT2D eigenvalue weighted by Gasteiger charge is -2.32. The Morgan fingerprint density at radius 1 is 1.21 bits per heavy atom. The molecule has 1 aliphatic heterocycles. The van der Waals surface area contributed by atoms with Gasteiger partial charge in [0, 0.05) is 18.7 Å². The Bertz CT molecular complexity index is 990. The molecular formula is C21H21FN4O3. The Kier molecular flexibility index (Phi) is 5.62. The number of ether oxygens (including phenoxy) is 1. The molecule has 0 N–H and O–H groups in total. The van der Waals surface area contributed by atoms with E-state index in [4.69, 9.17) is 9.72 Å². The summed E-state index contributed by atoms with van der Waals surface area (Å²) in [5.74, 6) is -0.299. The first-order valence-corrected chi connectivity index (χ1v) is 9.46. The molecule has 0 bridgehead atoms. The summed E-state index contributed by atoms with van der Waals surface area (Å²) in [4.78, 5) is 19.1. The fraction of sp³-hybridized carbons (Fsp3) is 0.333. The average Bonchev–Trinajstić information content (AvgIpc) is 3.14. The van der Waals surface area contributed by atoms with Gasteiger partial charge in [-0.25, -0.2) is 9.02 Å². The zero-order chi connectivity index (χ0) is 20.2. The second kappa shape index (κ2) is 8.48. The molecule has 1 amide bonds. The van der Waals surface area contributed by atoms with Crippen molar-refractivity contribution in [1.29, 1.82) is 0 Å². The van der Waals surface area contributed by atoms with Crippen molar-refractivity contribution in [2.24, 2.45) is 0 Å². The Morgan fingerprint density at radius 3 is 2.79 bits per heavy atom. The van der Waals surface area contributed by atoms with Crippen molar-refractivity contribution in [1.82, 2.24) is 20.2 Å². The standard InChI is InChI=1S/C21H21FN4O3/c1-14-19(25-29-24-14)12-21(27)26-9-10-28-20(13-26)18-4-2-3-17(23-18)11-15-5-7-16(22)8-6-15/h2-8,20H,9-13H2,1H3. The molecule has 4 rings (SSSR count). The fourth-order valence-electron chi connectivity index (χ4n) is 3.31. The predicted octanol–water partition coefficient (Wildman–Crippen LogP) is 2.65. The molecule has 1 unspecified atom stereocenters. The van der Waals surface area contributed by atoms with Gasteiger partial charge < -0.3 is 9.64 Å². The van der Waals surface area contributed by atoms with Gasteiger partial charge in [0.2, 0.25) is 5.91 Å². The van der Waals surface area contributed by atoms with E-state index in [1.54, 1.807) is 24.0 Å². The third kappa shape index (κ3) is 4.65. The van der Waals surface area contributed by atoms with Crippen LogP contribution in [0.2, 0.25) is 0 Å². The minimum atomic E-state index is -0.294. The van der Waals surface area contributed by atoms with Crippen LogP contribution < -0.4 is 0 Å². The fourth-order valence-corrected chi connectivity index (χ4v) is 3.31. The van der Waals surface area contributed by atoms with Gasteiger partial charge in [-0.05, 0) is 36.8 Å². The zero-order valence-electron chi connectivity index (χ0n) is 16.0. The van der Waals surface area contributed by atoms with E-state index in [0.29, 0.717) is 37.5 Å². The Morgan fingerprint density at radius 2 is 2.03 bits per heavy atom. The third-order valence-corrected chi connectivity index (χ3v) is 4.94. The highest BCUT2D eigenvalue weighted by Gasteiger charge is 2.27. The van der Waals surface area contributed by atoms with Gasteiger partial charge >= 0.3 is 0 Å². The van der Waals surface area contributed by atoms with Crippen molar-refractivity contribution in [3.8, 4) is 0 Å². The van der Waals surface area contributed by atoms with Gasteiger partial charge in [-0.1, -0.05) is 28.5 Å². The minimum absolute atomic E-state index is 0.0421. The molecule has 0 radical (unpaired) electrons. The number of nitrogens with zero attached hydrogens (tertiary/aromatic N) is 4. The SMILES string of the molecule is Cc1nonc1CC(=O)N1CCOC(c2cccc(Cc3ccc(F)cc3)n2)C1. The first-order valence-electron chi connectivity index (χ1n) is 9.46. The molecule has 1 atom stereocenters. The van der Waals surface area contributed by atoms with Gasteiger partial charge in [0.25, 0.3) is 0 Å². The molecule has 3 heterocycles. The normalized spacial score (nSPS) is 16.8. The number of halogens is 1. The van der Waals surface area contributed by atoms with Gasteiger partial charge in [0.1, 0.15) is 23.3 Å². The molecule has 8 heteroatoms. The monoisotopic (exact) mass is 396 g/mol. The smallest absolute Gasteiger partial charge is 0.228 e. The number of hydrogen-bond donors (Lipinski definition) is 0. The quantitative estimate of drug-likeness (QED) is 0.660. The molecule has 1 saturated heterocycles. The van der Waals surface area contributed by atoms with Gasteiger partial charge in [-0.2, -0.15) is 0 Å². The molecule has 150 valence electrons. The van der Waals surface area contributed by atoms with Gasteiger partial charge in [-0.3, -0.25) is 9.78 Å². The highest BCUT2D eigenvalue weighted by molar-refractivity contribution is 5.78. The number of morpholine rings is 1. The van der Waals surface area contributed by atoms with Crippen molar-refractivity contribution in [3.05, 3.63) is 76.6 Å². The van der Waals surface area contributed by atoms with Crippen molar-refractivity contribution in [3.63, 3.8) is 0 Å². The molecule has 7 nitrogen and oxygen atoms in total. The highest BCUT2D eigenvalue weighted by atomic mass is 19.1. The van der Waals surface area contributed by atoms with E-state index in [1.165, 1.54) is 12.1 Å². The number of amides is 1. The van der Waals surface area contributed by atoms with Gasteiger partial charge in [-0.15, -0.1) is 0 Å². The van der Waals surface area contributed by atoms with Crippen molar-refractivity contribution < 1.29 is 18.6 Å². The number of aryl methyl sites for hydroxylation is 1. The first kappa shape index (κ1) is 19.2. The molecule has 0 aliphatic carbocycles. The number of carbonyl (C=O) groups is 1. The summed E-state index contributed by atoms with van der Waals surface area (Å²) in [6.45, 7) is 3.15. The zero-order valence-corrected chi connectivity index (χ0v) is 16.0. The lowest BCUT2D eigenvalue weighted by molar-refractivity contribution is -0.138. The van der Waals surface area contributed by atoms with Crippen LogP contribution in [0.1, 0.15) is 34.4 Å². The second-order valence-corrected chi connectivity index (χ2v) is 7.03. The maximum Gasteiger partial charge on any atom is 0.228 e. The number of benzene rings is 1. The van der Waals surface area contributed by atoms with E-state index in [1.807, 2.05) is 18.2 Å². The second-order valence-electron chi connectivity index (χ2n) is 7.03. The Hall–Kier alpha value is -3.13. The topological polar surface area (TPSA) is 81.4 Å². The lowest BCUT2D eigenvalue weighted by atomic mass is 10.1. The van der Waals surface area contributed by atoms with E-state index in [0.717, 1.165) is 17.0 Å². The lowest BCUT2D eigenvalue weighted by Crippen LogP contribution is -2.43. The number of carbonyl (C=O) groups excluding carboxylic acids is 1. The molecular weight excluding hydrogens is 375 g/mol. The maximum absolute atomic E-state index is 13.1. The van der Waals surface area contributed by atoms with Gasteiger partial charge in [0.05, 0.1) is 25.3 Å². The Balaban J connectivity index is 1.43. The van der Waals surface area contributed by atoms with Crippen molar-refractivity contribution >= 4 is 5.91 Å². The van der Waals surface area contributed by atoms with Crippen LogP contribution in [0.5, 0.6) is 0 Å². The minimum Gasteiger partial charge on any atom is -0.368 e. The summed E-state index contributed by atoms with van der Waals surface area (Å²) in [6, 6.07) is 12.1. The van der Waals surface area contributed by atoms with Gasteiger partial charge in [0.15, 0.2) is 0 Å². The van der Waals surface area contributed by atoms with Crippen molar-refractivity contribution in [2.45, 2.75) is 25.9 Å². The van der Waals surface area contributed by atoms with Crippen LogP contribution in [0.4, 0.5) is 4.39 Å². The maximum atomic E-state index is 13.1. The average molecular weight is 396 g/mol. The van der Waals surface area contributed by atoms with Crippen LogP contribution in [-0.2, 0) is 22.4 Å². The molecule has 1 fully saturated rings. The van der Waals surface area contributed by atoms with E-state index in [2.05, 4.69) is 14.9 Å². The van der Waals surface area contributed by atoms with Crippen LogP contribution in [-0.4, -0.2) is 45.8 Å². The molecule has 0 saturated carbocycles. The van der Waals surface area contributed by atoms with E-state index in [9.17, 15) is 9.18 Å². The number of aromatic nitrogens is 3. The van der Waals surface area contributed by atoms with Crippen LogP contribution in [0.25, 0.3) is 0 Å². The Labute approximate surface area is 167 Å². The van der Waals surface area contributed by atoms with Crippen molar-refractivity contribution in [2.75, 3.05) is 19.7 Å². The summed E-state index contributed by atoms with van der Waals surface area (Å²) in [6.07, 6.45) is 0.458. The molecule has 29 heavy (non-hydrogen) atoms.